The summed E-state index contributed by atoms with van der Waals surface area (Å²) in [5, 5.41) is 0. The highest BCUT2D eigenvalue weighted by Crippen LogP contribution is 1.76. The van der Waals surface area contributed by atoms with Gasteiger partial charge in [0.2, 0.25) is 0 Å². The van der Waals surface area contributed by atoms with E-state index in [4.69, 9.17) is 2.74 Å². The first-order valence-corrected chi connectivity index (χ1v) is 4.20. The number of hydrogen-bond donors (Lipinski definition) is 0. The van der Waals surface area contributed by atoms with Crippen LogP contribution in [0.25, 0.3) is 0 Å². The van der Waals surface area contributed by atoms with Gasteiger partial charge in [0.1, 0.15) is 0 Å². The van der Waals surface area contributed by atoms with Gasteiger partial charge in [-0.15, -0.1) is 6.58 Å². The number of hydrogen-bond acceptors (Lipinski definition) is 0. The molecule has 0 fully saturated rings. The minimum atomic E-state index is 0.0833. The van der Waals surface area contributed by atoms with Crippen LogP contribution in [0.15, 0.2) is 12.2 Å². The molecule has 0 heterocycles. The smallest absolute Gasteiger partial charge is 0.0264 e. The van der Waals surface area contributed by atoms with Gasteiger partial charge in [-0.05, 0) is 13.8 Å². The van der Waals surface area contributed by atoms with Crippen molar-refractivity contribution in [2.75, 3.05) is 0 Å². The standard InChI is InChI=1S/C4H8.C4H10.C3H8/c1-4(2)3;1-3-4-2;1-3-2/h1H2,2-3H3;3-4H2,1-2H3;3H2,1-2H3/i;2*3T. The van der Waals surface area contributed by atoms with Crippen molar-refractivity contribution >= 4 is 0 Å². The first-order valence-electron chi connectivity index (χ1n) is 5.36. The Morgan fingerprint density at radius 2 is 1.27 bits per heavy atom. The van der Waals surface area contributed by atoms with Gasteiger partial charge in [-0.1, -0.05) is 52.5 Å². The van der Waals surface area contributed by atoms with E-state index in [1.54, 1.807) is 0 Å². The summed E-state index contributed by atoms with van der Waals surface area (Å²) in [7, 11) is 0. The largest absolute Gasteiger partial charge is 0.100 e. The Labute approximate surface area is 76.5 Å². The van der Waals surface area contributed by atoms with E-state index in [0.717, 1.165) is 6.42 Å². The number of rotatable bonds is 1. The Bertz CT molecular complexity index is 89.5. The fraction of sp³-hybridized carbons (Fsp3) is 0.818. The average molecular weight is 162 g/mol. The van der Waals surface area contributed by atoms with E-state index in [1.165, 1.54) is 5.57 Å². The van der Waals surface area contributed by atoms with Crippen LogP contribution < -0.4 is 0 Å². The van der Waals surface area contributed by atoms with E-state index >= 15 is 0 Å². The maximum atomic E-state index is 6.83. The summed E-state index contributed by atoms with van der Waals surface area (Å²) in [6, 6.07) is 0. The summed E-state index contributed by atoms with van der Waals surface area (Å²) >= 11 is 0. The van der Waals surface area contributed by atoms with Gasteiger partial charge in [-0.3, -0.25) is 0 Å². The first kappa shape index (κ1) is 10.7. The summed E-state index contributed by atoms with van der Waals surface area (Å²) in [6.07, 6.45) is 1.19. The Hall–Kier alpha value is -0.260. The van der Waals surface area contributed by atoms with Gasteiger partial charge in [0, 0.05) is 2.74 Å². The molecule has 1 unspecified atom stereocenters. The van der Waals surface area contributed by atoms with Gasteiger partial charge >= 0.3 is 0 Å². The average Bonchev–Trinajstić information content (AvgIpc) is 1.84. The van der Waals surface area contributed by atoms with Crippen molar-refractivity contribution in [3.05, 3.63) is 12.2 Å². The Kier molecular flexibility index (Phi) is 22.0. The molecule has 11 heavy (non-hydrogen) atoms. The van der Waals surface area contributed by atoms with E-state index in [2.05, 4.69) is 6.58 Å². The quantitative estimate of drug-likeness (QED) is 0.486. The molecule has 0 aromatic carbocycles. The molecule has 0 amide bonds. The van der Waals surface area contributed by atoms with Gasteiger partial charge in [0.15, 0.2) is 0 Å². The molecule has 70 valence electrons. The third kappa shape index (κ3) is 1070. The van der Waals surface area contributed by atoms with E-state index in [1.807, 2.05) is 41.5 Å². The SMILES string of the molecule is C=C(C)C.[3H]C(C)C.[3H]C(C)CC. The fourth-order valence-electron chi connectivity index (χ4n) is 0. The van der Waals surface area contributed by atoms with Crippen molar-refractivity contribution in [2.45, 2.75) is 60.8 Å². The second-order valence-corrected chi connectivity index (χ2v) is 2.60. The van der Waals surface area contributed by atoms with E-state index in [9.17, 15) is 0 Å². The molecule has 0 nitrogen and oxygen atoms in total. The summed E-state index contributed by atoms with van der Waals surface area (Å²) in [4.78, 5) is 0. The van der Waals surface area contributed by atoms with Crippen molar-refractivity contribution in [2.24, 2.45) is 0 Å². The lowest BCUT2D eigenvalue weighted by Crippen LogP contribution is -1.47. The van der Waals surface area contributed by atoms with Gasteiger partial charge in [-0.25, -0.2) is 0 Å². The molecule has 0 N–H and O–H groups in total. The lowest BCUT2D eigenvalue weighted by atomic mass is 10.4. The molecule has 0 heteroatoms. The zero-order valence-corrected chi connectivity index (χ0v) is 9.07. The van der Waals surface area contributed by atoms with Crippen molar-refractivity contribution in [1.82, 2.24) is 0 Å². The molecule has 0 radical (unpaired) electrons. The lowest BCUT2D eigenvalue weighted by Gasteiger charge is -1.68. The second kappa shape index (κ2) is 22.6. The second-order valence-electron chi connectivity index (χ2n) is 2.60. The normalized spacial score (nSPS) is 12.6. The first-order chi connectivity index (χ1) is 5.73. The molecule has 0 aliphatic carbocycles. The molecule has 0 saturated heterocycles. The van der Waals surface area contributed by atoms with E-state index in [-0.39, 0.29) is 12.8 Å². The zero-order valence-electron chi connectivity index (χ0n) is 11.1. The summed E-state index contributed by atoms with van der Waals surface area (Å²) in [5.74, 6) is 0. The van der Waals surface area contributed by atoms with Crippen LogP contribution in [-0.4, -0.2) is 0 Å². The van der Waals surface area contributed by atoms with Crippen molar-refractivity contribution in [1.29, 1.82) is 0 Å². The van der Waals surface area contributed by atoms with Gasteiger partial charge < -0.3 is 0 Å². The highest BCUT2D eigenvalue weighted by atomic mass is 13.6. The highest BCUT2D eigenvalue weighted by Gasteiger charge is 1.56. The van der Waals surface area contributed by atoms with Gasteiger partial charge in [0.05, 0.1) is 0 Å². The van der Waals surface area contributed by atoms with Crippen LogP contribution in [0.1, 0.15) is 63.5 Å². The lowest BCUT2D eigenvalue weighted by molar-refractivity contribution is 0.886. The maximum Gasteiger partial charge on any atom is 0.0264 e. The molecule has 0 aliphatic rings. The Balaban J connectivity index is -0.000000117. The summed E-state index contributed by atoms with van der Waals surface area (Å²) < 4.78 is 13.4. The molecule has 1 atom stereocenters. The van der Waals surface area contributed by atoms with Crippen molar-refractivity contribution in [3.63, 3.8) is 0 Å². The van der Waals surface area contributed by atoms with Gasteiger partial charge in [0.25, 0.3) is 0 Å². The van der Waals surface area contributed by atoms with E-state index in [0.29, 0.717) is 0 Å². The molecule has 0 aromatic heterocycles. The van der Waals surface area contributed by atoms with Crippen LogP contribution in [0.3, 0.4) is 0 Å². The zero-order chi connectivity index (χ0) is 11.4. The van der Waals surface area contributed by atoms with Gasteiger partial charge in [-0.2, -0.15) is 0 Å². The van der Waals surface area contributed by atoms with Crippen molar-refractivity contribution < 1.29 is 2.74 Å². The van der Waals surface area contributed by atoms with Crippen LogP contribution in [0, 0.1) is 0 Å². The third-order valence-electron chi connectivity index (χ3n) is 0.408. The predicted molar refractivity (Wildman–Crippen MR) is 57.0 cm³/mol. The molecule has 0 bridgehead atoms. The third-order valence-corrected chi connectivity index (χ3v) is 0.408. The van der Waals surface area contributed by atoms with Crippen LogP contribution in [-0.2, 0) is 0 Å². The predicted octanol–water partition coefficient (Wildman–Crippen LogP) is 4.81. The summed E-state index contributed by atoms with van der Waals surface area (Å²) in [6.45, 7) is 15.1. The monoisotopic (exact) mass is 162 g/mol. The topological polar surface area (TPSA) is 0 Å². The van der Waals surface area contributed by atoms with Crippen LogP contribution in [0.5, 0.6) is 0 Å². The summed E-state index contributed by atoms with van der Waals surface area (Å²) in [5.41, 5.74) is 1.17. The maximum absolute atomic E-state index is 6.83. The molecular formula is C11H26. The molecule has 0 spiro atoms. The molecule has 0 aromatic rings. The Morgan fingerprint density at radius 1 is 1.18 bits per heavy atom. The molecule has 0 rings (SSSR count). The number of allylic oxidation sites excluding steroid dienone is 1. The molecule has 0 aliphatic heterocycles. The minimum absolute atomic E-state index is 0.0833. The fourth-order valence-corrected chi connectivity index (χ4v) is 0. The van der Waals surface area contributed by atoms with Crippen LogP contribution in [0.4, 0.5) is 0 Å². The molecule has 0 saturated carbocycles. The Morgan fingerprint density at radius 3 is 1.27 bits per heavy atom. The van der Waals surface area contributed by atoms with E-state index < -0.39 is 0 Å². The molecular weight excluding hydrogens is 132 g/mol. The minimum Gasteiger partial charge on any atom is -0.100 e. The van der Waals surface area contributed by atoms with Crippen molar-refractivity contribution in [3.8, 4) is 0 Å². The van der Waals surface area contributed by atoms with Crippen LogP contribution in [0.2, 0.25) is 0 Å². The highest BCUT2D eigenvalue weighted by molar-refractivity contribution is 4.78. The van der Waals surface area contributed by atoms with Crippen LogP contribution >= 0.6 is 0 Å².